The number of aliphatic hydroxyl groups is 1. The van der Waals surface area contributed by atoms with E-state index in [4.69, 9.17) is 5.21 Å². The van der Waals surface area contributed by atoms with Crippen LogP contribution >= 0.6 is 0 Å². The molecule has 1 saturated heterocycles. The molecule has 0 aliphatic carbocycles. The van der Waals surface area contributed by atoms with Crippen molar-refractivity contribution in [2.75, 3.05) is 6.54 Å². The third kappa shape index (κ3) is 2.70. The van der Waals surface area contributed by atoms with E-state index in [1.807, 2.05) is 24.3 Å². The normalized spacial score (nSPS) is 27.4. The van der Waals surface area contributed by atoms with Gasteiger partial charge in [-0.1, -0.05) is 24.3 Å². The Morgan fingerprint density at radius 2 is 2.00 bits per heavy atom. The Morgan fingerprint density at radius 3 is 2.73 bits per heavy atom. The summed E-state index contributed by atoms with van der Waals surface area (Å²) in [6.45, 7) is 0.705. The van der Waals surface area contributed by atoms with Crippen LogP contribution in [0.3, 0.4) is 0 Å². The summed E-state index contributed by atoms with van der Waals surface area (Å²) in [4.78, 5) is 25.7. The van der Waals surface area contributed by atoms with E-state index in [1.54, 1.807) is 5.48 Å². The molecule has 118 valence electrons. The zero-order valence-electron chi connectivity index (χ0n) is 12.0. The molecule has 0 aromatic heterocycles. The number of likely N-dealkylation sites (tertiary alicyclic amines) is 1. The SMILES string of the molecule is O=C(NO)[C@@H]1C[C@@H](O)CN1C(=O)[C@@H]1Cc2ccccc2CN1. The van der Waals surface area contributed by atoms with E-state index >= 15 is 0 Å². The summed E-state index contributed by atoms with van der Waals surface area (Å²) in [7, 11) is 0. The fraction of sp³-hybridized carbons (Fsp3) is 0.467. The lowest BCUT2D eigenvalue weighted by atomic mass is 9.95. The zero-order valence-corrected chi connectivity index (χ0v) is 12.0. The van der Waals surface area contributed by atoms with Crippen LogP contribution in [-0.2, 0) is 22.6 Å². The van der Waals surface area contributed by atoms with Gasteiger partial charge in [-0.05, 0) is 17.5 Å². The summed E-state index contributed by atoms with van der Waals surface area (Å²) in [6, 6.07) is 6.66. The van der Waals surface area contributed by atoms with Crippen LogP contribution in [0.15, 0.2) is 24.3 Å². The van der Waals surface area contributed by atoms with Crippen LogP contribution in [0.2, 0.25) is 0 Å². The highest BCUT2D eigenvalue weighted by molar-refractivity contribution is 5.90. The van der Waals surface area contributed by atoms with Crippen molar-refractivity contribution in [2.45, 2.75) is 37.6 Å². The second-order valence-electron chi connectivity index (χ2n) is 5.78. The molecule has 3 rings (SSSR count). The zero-order chi connectivity index (χ0) is 15.7. The number of hydrogen-bond acceptors (Lipinski definition) is 5. The second kappa shape index (κ2) is 6.04. The topological polar surface area (TPSA) is 102 Å². The van der Waals surface area contributed by atoms with Crippen LogP contribution in [0.1, 0.15) is 17.5 Å². The van der Waals surface area contributed by atoms with Gasteiger partial charge in [0, 0.05) is 19.5 Å². The van der Waals surface area contributed by atoms with E-state index in [1.165, 1.54) is 4.90 Å². The Hall–Kier alpha value is -1.96. The third-order valence-corrected chi connectivity index (χ3v) is 4.35. The molecule has 0 radical (unpaired) electrons. The molecule has 2 amide bonds. The Balaban J connectivity index is 1.75. The van der Waals surface area contributed by atoms with Crippen LogP contribution in [0.5, 0.6) is 0 Å². The van der Waals surface area contributed by atoms with Gasteiger partial charge in [0.05, 0.1) is 12.1 Å². The first-order valence-corrected chi connectivity index (χ1v) is 7.33. The van der Waals surface area contributed by atoms with Crippen LogP contribution in [0.25, 0.3) is 0 Å². The van der Waals surface area contributed by atoms with Crippen LogP contribution in [0, 0.1) is 0 Å². The standard InChI is InChI=1S/C15H19N3O4/c19-11-6-13(14(20)17-22)18(8-11)15(21)12-5-9-3-1-2-4-10(9)7-16-12/h1-4,11-13,16,19,22H,5-8H2,(H,17,20)/t11-,12+,13+/m1/s1. The fourth-order valence-corrected chi connectivity index (χ4v) is 3.21. The van der Waals surface area contributed by atoms with Crippen molar-refractivity contribution in [3.05, 3.63) is 35.4 Å². The van der Waals surface area contributed by atoms with Crippen molar-refractivity contribution in [2.24, 2.45) is 0 Å². The minimum absolute atomic E-state index is 0.108. The summed E-state index contributed by atoms with van der Waals surface area (Å²) >= 11 is 0. The molecule has 0 unspecified atom stereocenters. The Bertz CT molecular complexity index is 592. The first-order chi connectivity index (χ1) is 10.6. The lowest BCUT2D eigenvalue weighted by Crippen LogP contribution is -2.53. The van der Waals surface area contributed by atoms with Gasteiger partial charge >= 0.3 is 0 Å². The molecule has 2 heterocycles. The predicted octanol–water partition coefficient (Wildman–Crippen LogP) is -0.832. The first kappa shape index (κ1) is 15.0. The minimum atomic E-state index is -0.827. The molecule has 0 saturated carbocycles. The predicted molar refractivity (Wildman–Crippen MR) is 76.8 cm³/mol. The number of benzene rings is 1. The lowest BCUT2D eigenvalue weighted by molar-refractivity contribution is -0.143. The van der Waals surface area contributed by atoms with Crippen molar-refractivity contribution >= 4 is 11.8 Å². The van der Waals surface area contributed by atoms with Crippen molar-refractivity contribution in [1.82, 2.24) is 15.7 Å². The monoisotopic (exact) mass is 305 g/mol. The van der Waals surface area contributed by atoms with Crippen molar-refractivity contribution in [3.8, 4) is 0 Å². The number of amides is 2. The number of aliphatic hydroxyl groups excluding tert-OH is 1. The molecule has 7 heteroatoms. The summed E-state index contributed by atoms with van der Waals surface area (Å²) in [6.07, 6.45) is -0.0571. The number of rotatable bonds is 2. The average Bonchev–Trinajstić information content (AvgIpc) is 2.94. The van der Waals surface area contributed by atoms with Crippen molar-refractivity contribution in [3.63, 3.8) is 0 Å². The van der Waals surface area contributed by atoms with E-state index in [0.717, 1.165) is 11.1 Å². The maximum absolute atomic E-state index is 12.7. The highest BCUT2D eigenvalue weighted by Crippen LogP contribution is 2.22. The van der Waals surface area contributed by atoms with Crippen molar-refractivity contribution in [1.29, 1.82) is 0 Å². The molecular formula is C15H19N3O4. The molecule has 1 aromatic rings. The molecule has 3 atom stereocenters. The van der Waals surface area contributed by atoms with Gasteiger partial charge in [0.2, 0.25) is 5.91 Å². The molecule has 0 bridgehead atoms. The first-order valence-electron chi connectivity index (χ1n) is 7.33. The highest BCUT2D eigenvalue weighted by Gasteiger charge is 2.41. The largest absolute Gasteiger partial charge is 0.391 e. The molecule has 1 fully saturated rings. The highest BCUT2D eigenvalue weighted by atomic mass is 16.5. The maximum Gasteiger partial charge on any atom is 0.266 e. The quantitative estimate of drug-likeness (QED) is 0.422. The van der Waals surface area contributed by atoms with E-state index in [-0.39, 0.29) is 18.9 Å². The number of fused-ring (bicyclic) bond motifs is 1. The Labute approximate surface area is 127 Å². The molecule has 1 aromatic carbocycles. The minimum Gasteiger partial charge on any atom is -0.391 e. The van der Waals surface area contributed by atoms with Gasteiger partial charge < -0.3 is 15.3 Å². The lowest BCUT2D eigenvalue weighted by Gasteiger charge is -2.31. The van der Waals surface area contributed by atoms with Gasteiger partial charge in [0.25, 0.3) is 5.91 Å². The summed E-state index contributed by atoms with van der Waals surface area (Å²) in [5.41, 5.74) is 3.84. The number of carbonyl (C=O) groups excluding carboxylic acids is 2. The number of hydroxylamine groups is 1. The summed E-state index contributed by atoms with van der Waals surface area (Å²) < 4.78 is 0. The van der Waals surface area contributed by atoms with E-state index < -0.39 is 24.1 Å². The Morgan fingerprint density at radius 1 is 1.27 bits per heavy atom. The number of nitrogens with zero attached hydrogens (tertiary/aromatic N) is 1. The number of hydrogen-bond donors (Lipinski definition) is 4. The van der Waals surface area contributed by atoms with Crippen LogP contribution < -0.4 is 10.8 Å². The van der Waals surface area contributed by atoms with E-state index in [2.05, 4.69) is 5.32 Å². The number of β-amino-alcohol motifs (C(OH)–C–C–N with tert-alkyl or cyclic N) is 1. The molecule has 4 N–H and O–H groups in total. The molecule has 2 aliphatic heterocycles. The van der Waals surface area contributed by atoms with Gasteiger partial charge in [0.1, 0.15) is 6.04 Å². The van der Waals surface area contributed by atoms with Gasteiger partial charge in [-0.25, -0.2) is 5.48 Å². The Kier molecular flexibility index (Phi) is 4.10. The van der Waals surface area contributed by atoms with E-state index in [9.17, 15) is 14.7 Å². The molecular weight excluding hydrogens is 286 g/mol. The second-order valence-corrected chi connectivity index (χ2v) is 5.78. The average molecular weight is 305 g/mol. The smallest absolute Gasteiger partial charge is 0.266 e. The number of nitrogens with one attached hydrogen (secondary N) is 2. The third-order valence-electron chi connectivity index (χ3n) is 4.35. The fourth-order valence-electron chi connectivity index (χ4n) is 3.21. The van der Waals surface area contributed by atoms with Gasteiger partial charge in [-0.3, -0.25) is 14.8 Å². The van der Waals surface area contributed by atoms with Gasteiger partial charge in [0.15, 0.2) is 0 Å². The maximum atomic E-state index is 12.7. The summed E-state index contributed by atoms with van der Waals surface area (Å²) in [5, 5.41) is 21.7. The van der Waals surface area contributed by atoms with Gasteiger partial charge in [-0.15, -0.1) is 0 Å². The van der Waals surface area contributed by atoms with E-state index in [0.29, 0.717) is 13.0 Å². The van der Waals surface area contributed by atoms with Gasteiger partial charge in [-0.2, -0.15) is 0 Å². The van der Waals surface area contributed by atoms with Crippen molar-refractivity contribution < 1.29 is 19.9 Å². The number of carbonyl (C=O) groups is 2. The molecule has 22 heavy (non-hydrogen) atoms. The summed E-state index contributed by atoms with van der Waals surface area (Å²) in [5.74, 6) is -0.888. The molecule has 0 spiro atoms. The molecule has 7 nitrogen and oxygen atoms in total. The van der Waals surface area contributed by atoms with Crippen LogP contribution in [-0.4, -0.2) is 51.8 Å². The van der Waals surface area contributed by atoms with Crippen LogP contribution in [0.4, 0.5) is 0 Å². The molecule has 2 aliphatic rings.